The summed E-state index contributed by atoms with van der Waals surface area (Å²) in [5.41, 5.74) is 2.19. The highest BCUT2D eigenvalue weighted by Gasteiger charge is 2.17. The molecule has 1 rings (SSSR count). The first-order valence-electron chi connectivity index (χ1n) is 8.13. The molecular weight excluding hydrogens is 260 g/mol. The van der Waals surface area contributed by atoms with Gasteiger partial charge in [-0.1, -0.05) is 46.8 Å². The van der Waals surface area contributed by atoms with E-state index < -0.39 is 0 Å². The van der Waals surface area contributed by atoms with E-state index in [0.29, 0.717) is 18.4 Å². The molecule has 3 nitrogen and oxygen atoms in total. The van der Waals surface area contributed by atoms with Gasteiger partial charge in [0, 0.05) is 17.5 Å². The lowest BCUT2D eigenvalue weighted by Crippen LogP contribution is -3.14. The van der Waals surface area contributed by atoms with Crippen LogP contribution in [0.5, 0.6) is 0 Å². The van der Waals surface area contributed by atoms with E-state index >= 15 is 0 Å². The normalized spacial score (nSPS) is 11.4. The van der Waals surface area contributed by atoms with Crippen LogP contribution in [0.1, 0.15) is 40.2 Å². The van der Waals surface area contributed by atoms with Gasteiger partial charge < -0.3 is 10.2 Å². The second-order valence-corrected chi connectivity index (χ2v) is 6.72. The number of carbonyl (C=O) groups is 1. The van der Waals surface area contributed by atoms with E-state index in [1.54, 1.807) is 0 Å². The molecule has 0 saturated carbocycles. The van der Waals surface area contributed by atoms with Crippen molar-refractivity contribution in [1.29, 1.82) is 0 Å². The molecule has 1 amide bonds. The van der Waals surface area contributed by atoms with Crippen LogP contribution in [0.3, 0.4) is 0 Å². The first-order chi connectivity index (χ1) is 9.90. The molecule has 0 aliphatic rings. The molecule has 118 valence electrons. The van der Waals surface area contributed by atoms with Crippen LogP contribution >= 0.6 is 0 Å². The van der Waals surface area contributed by atoms with Gasteiger partial charge in [-0.3, -0.25) is 4.79 Å². The van der Waals surface area contributed by atoms with Gasteiger partial charge in [-0.05, 0) is 24.1 Å². The molecule has 0 unspecified atom stereocenters. The Morgan fingerprint density at radius 3 is 2.00 bits per heavy atom. The fourth-order valence-corrected chi connectivity index (χ4v) is 2.64. The lowest BCUT2D eigenvalue weighted by Gasteiger charge is -2.22. The molecule has 1 aromatic carbocycles. The number of aryl methyl sites for hydroxylation is 1. The van der Waals surface area contributed by atoms with Crippen molar-refractivity contribution in [2.24, 2.45) is 11.8 Å². The summed E-state index contributed by atoms with van der Waals surface area (Å²) in [6, 6.07) is 8.12. The summed E-state index contributed by atoms with van der Waals surface area (Å²) >= 11 is 0. The Kier molecular flexibility index (Phi) is 7.44. The molecule has 0 bridgehead atoms. The zero-order chi connectivity index (χ0) is 15.8. The Labute approximate surface area is 129 Å². The van der Waals surface area contributed by atoms with E-state index in [1.165, 1.54) is 10.5 Å². The van der Waals surface area contributed by atoms with Crippen molar-refractivity contribution < 1.29 is 9.69 Å². The van der Waals surface area contributed by atoms with E-state index in [2.05, 4.69) is 52.1 Å². The topological polar surface area (TPSA) is 33.5 Å². The lowest BCUT2D eigenvalue weighted by molar-refractivity contribution is -0.897. The van der Waals surface area contributed by atoms with E-state index in [-0.39, 0.29) is 5.91 Å². The molecule has 0 radical (unpaired) electrons. The highest BCUT2D eigenvalue weighted by Crippen LogP contribution is 2.09. The van der Waals surface area contributed by atoms with Gasteiger partial charge in [0.15, 0.2) is 6.54 Å². The third-order valence-corrected chi connectivity index (χ3v) is 3.45. The van der Waals surface area contributed by atoms with Gasteiger partial charge in [0.2, 0.25) is 0 Å². The molecule has 3 heteroatoms. The number of hydrogen-bond donors (Lipinski definition) is 2. The summed E-state index contributed by atoms with van der Waals surface area (Å²) < 4.78 is 0. The van der Waals surface area contributed by atoms with Crippen LogP contribution in [-0.4, -0.2) is 25.5 Å². The van der Waals surface area contributed by atoms with Crippen molar-refractivity contribution >= 4 is 11.6 Å². The molecule has 0 spiro atoms. The largest absolute Gasteiger partial charge is 0.327 e. The second kappa shape index (κ2) is 8.83. The molecule has 21 heavy (non-hydrogen) atoms. The fourth-order valence-electron chi connectivity index (χ4n) is 2.64. The Morgan fingerprint density at radius 1 is 1.05 bits per heavy atom. The lowest BCUT2D eigenvalue weighted by atomic mass is 10.1. The molecule has 2 N–H and O–H groups in total. The molecule has 1 aromatic rings. The number of amides is 1. The molecule has 0 aliphatic carbocycles. The van der Waals surface area contributed by atoms with Crippen LogP contribution in [0.4, 0.5) is 5.69 Å². The van der Waals surface area contributed by atoms with Crippen LogP contribution in [0, 0.1) is 11.8 Å². The maximum Gasteiger partial charge on any atom is 0.279 e. The molecule has 0 aromatic heterocycles. The summed E-state index contributed by atoms with van der Waals surface area (Å²) in [7, 11) is 0. The number of carbonyl (C=O) groups excluding carboxylic acids is 1. The van der Waals surface area contributed by atoms with Gasteiger partial charge in [0.05, 0.1) is 13.1 Å². The highest BCUT2D eigenvalue weighted by atomic mass is 16.2. The predicted molar refractivity (Wildman–Crippen MR) is 89.7 cm³/mol. The maximum atomic E-state index is 12.2. The van der Waals surface area contributed by atoms with Gasteiger partial charge >= 0.3 is 0 Å². The van der Waals surface area contributed by atoms with E-state index in [9.17, 15) is 4.79 Å². The van der Waals surface area contributed by atoms with Gasteiger partial charge in [0.1, 0.15) is 0 Å². The van der Waals surface area contributed by atoms with Gasteiger partial charge in [0.25, 0.3) is 5.91 Å². The summed E-state index contributed by atoms with van der Waals surface area (Å²) in [6.07, 6.45) is 1.02. The van der Waals surface area contributed by atoms with Crippen molar-refractivity contribution in [2.75, 3.05) is 25.0 Å². The monoisotopic (exact) mass is 291 g/mol. The number of benzene rings is 1. The summed E-state index contributed by atoms with van der Waals surface area (Å²) in [4.78, 5) is 13.6. The van der Waals surface area contributed by atoms with Crippen LogP contribution in [-0.2, 0) is 11.2 Å². The molecular formula is C18H31N2O+. The first-order valence-corrected chi connectivity index (χ1v) is 8.13. The van der Waals surface area contributed by atoms with Crippen molar-refractivity contribution in [2.45, 2.75) is 41.0 Å². The van der Waals surface area contributed by atoms with E-state index in [0.717, 1.165) is 25.2 Å². The Bertz CT molecular complexity index is 413. The third-order valence-electron chi connectivity index (χ3n) is 3.45. The molecule has 0 fully saturated rings. The Hall–Kier alpha value is -1.35. The minimum absolute atomic E-state index is 0.107. The van der Waals surface area contributed by atoms with Crippen molar-refractivity contribution in [3.63, 3.8) is 0 Å². The quantitative estimate of drug-likeness (QED) is 0.757. The smallest absolute Gasteiger partial charge is 0.279 e. The van der Waals surface area contributed by atoms with Crippen LogP contribution in [0.2, 0.25) is 0 Å². The third kappa shape index (κ3) is 7.28. The van der Waals surface area contributed by atoms with Crippen LogP contribution in [0.15, 0.2) is 24.3 Å². The Morgan fingerprint density at radius 2 is 1.57 bits per heavy atom. The number of rotatable bonds is 8. The standard InChI is InChI=1S/C18H30N2O/c1-6-16-7-9-17(10-8-16)19-18(21)13-20(11-14(2)3)12-15(4)5/h7-10,14-15H,6,11-13H2,1-5H3,(H,19,21)/p+1. The van der Waals surface area contributed by atoms with Crippen molar-refractivity contribution in [1.82, 2.24) is 0 Å². The summed E-state index contributed by atoms with van der Waals surface area (Å²) in [6.45, 7) is 13.6. The maximum absolute atomic E-state index is 12.2. The highest BCUT2D eigenvalue weighted by molar-refractivity contribution is 5.91. The van der Waals surface area contributed by atoms with Gasteiger partial charge in [-0.25, -0.2) is 0 Å². The van der Waals surface area contributed by atoms with Crippen LogP contribution in [0.25, 0.3) is 0 Å². The van der Waals surface area contributed by atoms with E-state index in [4.69, 9.17) is 0 Å². The van der Waals surface area contributed by atoms with Crippen molar-refractivity contribution in [3.8, 4) is 0 Å². The zero-order valence-electron chi connectivity index (χ0n) is 14.2. The Balaban J connectivity index is 2.55. The SMILES string of the molecule is CCc1ccc(NC(=O)C[NH+](CC(C)C)CC(C)C)cc1. The summed E-state index contributed by atoms with van der Waals surface area (Å²) in [5.74, 6) is 1.32. The first kappa shape index (κ1) is 17.7. The molecule has 0 aliphatic heterocycles. The van der Waals surface area contributed by atoms with Crippen molar-refractivity contribution in [3.05, 3.63) is 29.8 Å². The number of nitrogens with one attached hydrogen (secondary N) is 2. The fraction of sp³-hybridized carbons (Fsp3) is 0.611. The minimum Gasteiger partial charge on any atom is -0.327 e. The molecule has 0 heterocycles. The minimum atomic E-state index is 0.107. The number of quaternary nitrogens is 1. The predicted octanol–water partition coefficient (Wildman–Crippen LogP) is 2.38. The van der Waals surface area contributed by atoms with Gasteiger partial charge in [-0.2, -0.15) is 0 Å². The number of hydrogen-bond acceptors (Lipinski definition) is 1. The van der Waals surface area contributed by atoms with E-state index in [1.807, 2.05) is 12.1 Å². The molecule has 0 atom stereocenters. The second-order valence-electron chi connectivity index (χ2n) is 6.72. The average Bonchev–Trinajstić information content (AvgIpc) is 2.37. The summed E-state index contributed by atoms with van der Waals surface area (Å²) in [5, 5.41) is 3.01. The molecule has 0 saturated heterocycles. The number of anilines is 1. The van der Waals surface area contributed by atoms with Crippen LogP contribution < -0.4 is 10.2 Å². The zero-order valence-corrected chi connectivity index (χ0v) is 14.2. The van der Waals surface area contributed by atoms with Gasteiger partial charge in [-0.15, -0.1) is 0 Å². The average molecular weight is 291 g/mol.